The summed E-state index contributed by atoms with van der Waals surface area (Å²) in [5, 5.41) is 17.9. The zero-order chi connectivity index (χ0) is 10.6. The number of benzene rings is 1. The summed E-state index contributed by atoms with van der Waals surface area (Å²) >= 11 is 0. The zero-order valence-electron chi connectivity index (χ0n) is 7.78. The average molecular weight is 199 g/mol. The topological polar surface area (TPSA) is 66.5 Å². The van der Waals surface area contributed by atoms with Crippen LogP contribution in [0.2, 0.25) is 0 Å². The minimum atomic E-state index is -1.08. The Morgan fingerprint density at radius 3 is 2.43 bits per heavy atom. The first-order chi connectivity index (χ1) is 6.59. The van der Waals surface area contributed by atoms with Crippen LogP contribution in [0.15, 0.2) is 24.3 Å². The molecule has 0 bridgehead atoms. The predicted molar refractivity (Wildman–Crippen MR) is 51.2 cm³/mol. The molecule has 0 aliphatic rings. The molecule has 3 nitrogen and oxygen atoms in total. The molecule has 1 aromatic rings. The fraction of sp³-hybridized carbons (Fsp3) is 0.400. The number of rotatable bonds is 4. The van der Waals surface area contributed by atoms with Crippen LogP contribution in [0.25, 0.3) is 0 Å². The maximum absolute atomic E-state index is 12.8. The van der Waals surface area contributed by atoms with E-state index < -0.39 is 5.54 Å². The highest BCUT2D eigenvalue weighted by molar-refractivity contribution is 5.19. The summed E-state index contributed by atoms with van der Waals surface area (Å²) < 4.78 is 12.8. The van der Waals surface area contributed by atoms with Gasteiger partial charge < -0.3 is 15.9 Å². The van der Waals surface area contributed by atoms with Crippen molar-refractivity contribution in [2.45, 2.75) is 12.0 Å². The largest absolute Gasteiger partial charge is 0.394 e. The summed E-state index contributed by atoms with van der Waals surface area (Å²) in [5.74, 6) is -0.347. The van der Waals surface area contributed by atoms with E-state index in [0.29, 0.717) is 5.56 Å². The van der Waals surface area contributed by atoms with E-state index in [1.807, 2.05) is 0 Å². The molecule has 0 unspecified atom stereocenters. The van der Waals surface area contributed by atoms with E-state index in [9.17, 15) is 4.39 Å². The molecule has 4 heteroatoms. The van der Waals surface area contributed by atoms with Gasteiger partial charge in [-0.15, -0.1) is 0 Å². The van der Waals surface area contributed by atoms with Crippen LogP contribution in [0.3, 0.4) is 0 Å². The van der Waals surface area contributed by atoms with Crippen molar-refractivity contribution >= 4 is 0 Å². The van der Waals surface area contributed by atoms with Gasteiger partial charge in [0.15, 0.2) is 0 Å². The molecular weight excluding hydrogens is 185 g/mol. The number of nitrogens with two attached hydrogens (primary N) is 1. The highest BCUT2D eigenvalue weighted by atomic mass is 19.1. The van der Waals surface area contributed by atoms with Crippen molar-refractivity contribution in [2.75, 3.05) is 13.2 Å². The van der Waals surface area contributed by atoms with Crippen LogP contribution in [0, 0.1) is 5.82 Å². The standard InChI is InChI=1S/C10H14FNO2/c11-9-3-1-2-8(4-9)5-10(12,6-13)7-14/h1-4,13-14H,5-7,12H2. The summed E-state index contributed by atoms with van der Waals surface area (Å²) in [6, 6.07) is 5.95. The second kappa shape index (κ2) is 4.50. The normalized spacial score (nSPS) is 11.7. The lowest BCUT2D eigenvalue weighted by atomic mass is 9.93. The lowest BCUT2D eigenvalue weighted by Gasteiger charge is -2.24. The first-order valence-electron chi connectivity index (χ1n) is 4.35. The second-order valence-corrected chi connectivity index (χ2v) is 3.49. The number of hydrogen-bond acceptors (Lipinski definition) is 3. The van der Waals surface area contributed by atoms with E-state index in [1.54, 1.807) is 12.1 Å². The molecule has 78 valence electrons. The van der Waals surface area contributed by atoms with Gasteiger partial charge in [-0.05, 0) is 24.1 Å². The smallest absolute Gasteiger partial charge is 0.123 e. The van der Waals surface area contributed by atoms with Gasteiger partial charge in [-0.1, -0.05) is 12.1 Å². The summed E-state index contributed by atoms with van der Waals surface area (Å²) in [6.45, 7) is -0.667. The minimum absolute atomic E-state index is 0.248. The maximum atomic E-state index is 12.8. The number of halogens is 1. The highest BCUT2D eigenvalue weighted by Gasteiger charge is 2.23. The number of aliphatic hydroxyl groups is 2. The first kappa shape index (κ1) is 11.1. The Morgan fingerprint density at radius 2 is 1.93 bits per heavy atom. The van der Waals surface area contributed by atoms with E-state index in [1.165, 1.54) is 12.1 Å². The summed E-state index contributed by atoms with van der Waals surface area (Å²) in [4.78, 5) is 0. The number of hydrogen-bond donors (Lipinski definition) is 3. The lowest BCUT2D eigenvalue weighted by molar-refractivity contribution is 0.121. The molecule has 1 aromatic carbocycles. The molecule has 0 spiro atoms. The van der Waals surface area contributed by atoms with Gasteiger partial charge in [0.05, 0.1) is 18.8 Å². The Bertz CT molecular complexity index is 300. The summed E-state index contributed by atoms with van der Waals surface area (Å²) in [7, 11) is 0. The lowest BCUT2D eigenvalue weighted by Crippen LogP contribution is -2.49. The molecule has 0 amide bonds. The third-order valence-electron chi connectivity index (χ3n) is 2.08. The highest BCUT2D eigenvalue weighted by Crippen LogP contribution is 2.11. The Balaban J connectivity index is 2.77. The zero-order valence-corrected chi connectivity index (χ0v) is 7.78. The number of aliphatic hydroxyl groups excluding tert-OH is 2. The Hall–Kier alpha value is -0.970. The van der Waals surface area contributed by atoms with Gasteiger partial charge in [0, 0.05) is 0 Å². The van der Waals surface area contributed by atoms with E-state index >= 15 is 0 Å². The maximum Gasteiger partial charge on any atom is 0.123 e. The van der Waals surface area contributed by atoms with Crippen LogP contribution in [-0.2, 0) is 6.42 Å². The van der Waals surface area contributed by atoms with E-state index in [2.05, 4.69) is 0 Å². The fourth-order valence-corrected chi connectivity index (χ4v) is 1.22. The van der Waals surface area contributed by atoms with Crippen molar-refractivity contribution in [3.05, 3.63) is 35.6 Å². The second-order valence-electron chi connectivity index (χ2n) is 3.49. The average Bonchev–Trinajstić information content (AvgIpc) is 2.18. The van der Waals surface area contributed by atoms with Crippen molar-refractivity contribution < 1.29 is 14.6 Å². The van der Waals surface area contributed by atoms with Crippen LogP contribution in [0.4, 0.5) is 4.39 Å². The van der Waals surface area contributed by atoms with Crippen LogP contribution in [0.1, 0.15) is 5.56 Å². The van der Waals surface area contributed by atoms with Crippen LogP contribution >= 0.6 is 0 Å². The van der Waals surface area contributed by atoms with Gasteiger partial charge in [0.2, 0.25) is 0 Å². The molecule has 0 aliphatic heterocycles. The third kappa shape index (κ3) is 2.77. The van der Waals surface area contributed by atoms with Crippen molar-refractivity contribution in [1.82, 2.24) is 0 Å². The fourth-order valence-electron chi connectivity index (χ4n) is 1.22. The van der Waals surface area contributed by atoms with Gasteiger partial charge in [0.25, 0.3) is 0 Å². The van der Waals surface area contributed by atoms with Crippen LogP contribution in [-0.4, -0.2) is 29.0 Å². The predicted octanol–water partition coefficient (Wildman–Crippen LogP) is 0.0503. The molecule has 0 aromatic heterocycles. The molecule has 1 rings (SSSR count). The van der Waals surface area contributed by atoms with Crippen molar-refractivity contribution in [3.8, 4) is 0 Å². The van der Waals surface area contributed by atoms with Crippen molar-refractivity contribution in [3.63, 3.8) is 0 Å². The molecule has 0 saturated heterocycles. The van der Waals surface area contributed by atoms with Crippen molar-refractivity contribution in [1.29, 1.82) is 0 Å². The first-order valence-corrected chi connectivity index (χ1v) is 4.35. The Morgan fingerprint density at radius 1 is 1.29 bits per heavy atom. The van der Waals surface area contributed by atoms with Gasteiger partial charge in [-0.25, -0.2) is 4.39 Å². The molecular formula is C10H14FNO2. The Kier molecular flexibility index (Phi) is 3.57. The van der Waals surface area contributed by atoms with Gasteiger partial charge in [-0.2, -0.15) is 0 Å². The quantitative estimate of drug-likeness (QED) is 0.642. The van der Waals surface area contributed by atoms with Gasteiger partial charge in [0.1, 0.15) is 5.82 Å². The summed E-state index contributed by atoms with van der Waals surface area (Å²) in [6.07, 6.45) is 0.248. The van der Waals surface area contributed by atoms with Crippen molar-refractivity contribution in [2.24, 2.45) is 5.73 Å². The molecule has 0 heterocycles. The van der Waals surface area contributed by atoms with E-state index in [-0.39, 0.29) is 25.5 Å². The molecule has 4 N–H and O–H groups in total. The summed E-state index contributed by atoms with van der Waals surface area (Å²) in [5.41, 5.74) is 5.24. The van der Waals surface area contributed by atoms with E-state index in [0.717, 1.165) is 0 Å². The van der Waals surface area contributed by atoms with Crippen LogP contribution in [0.5, 0.6) is 0 Å². The molecule has 0 radical (unpaired) electrons. The minimum Gasteiger partial charge on any atom is -0.394 e. The van der Waals surface area contributed by atoms with Crippen LogP contribution < -0.4 is 5.73 Å². The van der Waals surface area contributed by atoms with Gasteiger partial charge in [-0.3, -0.25) is 0 Å². The van der Waals surface area contributed by atoms with Gasteiger partial charge >= 0.3 is 0 Å². The molecule has 0 fully saturated rings. The molecule has 0 aliphatic carbocycles. The SMILES string of the molecule is NC(CO)(CO)Cc1cccc(F)c1. The Labute approximate surface area is 82.0 Å². The third-order valence-corrected chi connectivity index (χ3v) is 2.08. The molecule has 14 heavy (non-hydrogen) atoms. The van der Waals surface area contributed by atoms with E-state index in [4.69, 9.17) is 15.9 Å². The molecule has 0 saturated carbocycles. The molecule has 0 atom stereocenters. The monoisotopic (exact) mass is 199 g/mol.